The van der Waals surface area contributed by atoms with E-state index in [9.17, 15) is 5.11 Å². The highest BCUT2D eigenvalue weighted by Gasteiger charge is 2.13. The summed E-state index contributed by atoms with van der Waals surface area (Å²) in [4.78, 5) is 0. The second kappa shape index (κ2) is 22.5. The van der Waals surface area contributed by atoms with Crippen molar-refractivity contribution in [2.24, 2.45) is 0 Å². The molecule has 1 atom stereocenters. The molecule has 34 heavy (non-hydrogen) atoms. The number of para-hydroxylation sites is 1. The van der Waals surface area contributed by atoms with Gasteiger partial charge < -0.3 is 10.2 Å². The molecule has 1 aliphatic rings. The van der Waals surface area contributed by atoms with E-state index in [2.05, 4.69) is 48.8 Å². The highest BCUT2D eigenvalue weighted by Crippen LogP contribution is 2.21. The SMILES string of the molecule is CC.CC1(O)C=Cc2ccccc2C=C1.CCC#CCC.CCC(P)CC.Oc1ccccc1. The van der Waals surface area contributed by atoms with Crippen LogP contribution in [0.1, 0.15) is 85.3 Å². The predicted molar refractivity (Wildman–Crippen MR) is 157 cm³/mol. The number of rotatable bonds is 2. The third kappa shape index (κ3) is 19.2. The van der Waals surface area contributed by atoms with E-state index >= 15 is 0 Å². The van der Waals surface area contributed by atoms with Gasteiger partial charge in [-0.05, 0) is 60.8 Å². The normalized spacial score (nSPS) is 11.7. The van der Waals surface area contributed by atoms with Crippen molar-refractivity contribution in [3.63, 3.8) is 0 Å². The standard InChI is InChI=1S/C12H12O.C6H6O.C6H10.C5H13P.C2H6/c1-12(13)8-6-10-4-2-3-5-11(10)7-9-12;7-6-4-2-1-3-5-6;1-3-5-6-4-2;1-3-5(6)4-2;1-2/h2-9,13H,1H3;1-5,7H;3-4H2,1-2H3;5H,3-4,6H2,1-2H3;1-2H3. The number of hydrogen-bond donors (Lipinski definition) is 2. The Hall–Kier alpha value is -2.33. The minimum atomic E-state index is -0.820. The Labute approximate surface area is 212 Å². The summed E-state index contributed by atoms with van der Waals surface area (Å²) in [5.74, 6) is 6.22. The summed E-state index contributed by atoms with van der Waals surface area (Å²) in [7, 11) is 2.81. The van der Waals surface area contributed by atoms with Crippen LogP contribution in [0.3, 0.4) is 0 Å². The molecule has 3 rings (SSSR count). The van der Waals surface area contributed by atoms with Crippen molar-refractivity contribution in [1.29, 1.82) is 0 Å². The fourth-order valence-corrected chi connectivity index (χ4v) is 2.35. The zero-order valence-electron chi connectivity index (χ0n) is 22.4. The molecule has 1 aliphatic carbocycles. The van der Waals surface area contributed by atoms with Crippen LogP contribution in [0, 0.1) is 11.8 Å². The average molecular weight is 483 g/mol. The first-order chi connectivity index (χ1) is 16.3. The molecule has 0 saturated heterocycles. The van der Waals surface area contributed by atoms with Crippen LogP contribution in [-0.4, -0.2) is 21.5 Å². The van der Waals surface area contributed by atoms with Crippen molar-refractivity contribution in [3.8, 4) is 17.6 Å². The van der Waals surface area contributed by atoms with Gasteiger partial charge in [-0.1, -0.05) is 96.2 Å². The molecule has 188 valence electrons. The molecular weight excluding hydrogens is 435 g/mol. The van der Waals surface area contributed by atoms with Crippen molar-refractivity contribution in [3.05, 3.63) is 77.9 Å². The summed E-state index contributed by atoms with van der Waals surface area (Å²) in [5, 5.41) is 18.4. The third-order valence-corrected chi connectivity index (χ3v) is 5.42. The first kappa shape index (κ1) is 33.8. The Kier molecular flexibility index (Phi) is 22.4. The van der Waals surface area contributed by atoms with Crippen LogP contribution >= 0.6 is 9.24 Å². The lowest BCUT2D eigenvalue weighted by atomic mass is 10.1. The van der Waals surface area contributed by atoms with Gasteiger partial charge in [-0.3, -0.25) is 0 Å². The Morgan fingerprint density at radius 2 is 1.15 bits per heavy atom. The van der Waals surface area contributed by atoms with Crippen LogP contribution in [-0.2, 0) is 0 Å². The van der Waals surface area contributed by atoms with E-state index in [1.165, 1.54) is 12.8 Å². The van der Waals surface area contributed by atoms with E-state index in [0.717, 1.165) is 29.6 Å². The van der Waals surface area contributed by atoms with Gasteiger partial charge in [0.2, 0.25) is 0 Å². The lowest BCUT2D eigenvalue weighted by molar-refractivity contribution is 0.166. The van der Waals surface area contributed by atoms with Crippen LogP contribution in [0.4, 0.5) is 0 Å². The summed E-state index contributed by atoms with van der Waals surface area (Å²) in [6.07, 6.45) is 12.1. The molecular formula is C31H47O2P. The van der Waals surface area contributed by atoms with Gasteiger partial charge in [0.25, 0.3) is 0 Å². The van der Waals surface area contributed by atoms with E-state index in [1.54, 1.807) is 43.3 Å². The average Bonchev–Trinajstić information content (AvgIpc) is 3.03. The number of fused-ring (bicyclic) bond motifs is 1. The summed E-state index contributed by atoms with van der Waals surface area (Å²) in [5.41, 5.74) is 2.33. The number of benzene rings is 2. The van der Waals surface area contributed by atoms with Gasteiger partial charge in [0.05, 0.1) is 5.60 Å². The Balaban J connectivity index is 0. The molecule has 0 spiro atoms. The molecule has 2 nitrogen and oxygen atoms in total. The van der Waals surface area contributed by atoms with Gasteiger partial charge >= 0.3 is 0 Å². The number of phenols is 1. The number of phenolic OH excluding ortho intramolecular Hbond substituents is 1. The minimum Gasteiger partial charge on any atom is -0.508 e. The molecule has 0 radical (unpaired) electrons. The Morgan fingerprint density at radius 1 is 0.765 bits per heavy atom. The molecule has 0 aliphatic heterocycles. The van der Waals surface area contributed by atoms with Crippen LogP contribution < -0.4 is 0 Å². The molecule has 0 aromatic heterocycles. The van der Waals surface area contributed by atoms with Gasteiger partial charge in [-0.2, -0.15) is 0 Å². The van der Waals surface area contributed by atoms with Gasteiger partial charge in [0.1, 0.15) is 5.75 Å². The summed E-state index contributed by atoms with van der Waals surface area (Å²) in [6.45, 7) is 14.3. The molecule has 0 fully saturated rings. The minimum absolute atomic E-state index is 0.322. The Bertz CT molecular complexity index is 795. The maximum absolute atomic E-state index is 9.75. The van der Waals surface area contributed by atoms with E-state index in [4.69, 9.17) is 5.11 Å². The maximum Gasteiger partial charge on any atom is 0.115 e. The molecule has 3 heteroatoms. The van der Waals surface area contributed by atoms with Gasteiger partial charge in [-0.15, -0.1) is 21.1 Å². The molecule has 0 heterocycles. The number of hydrogen-bond acceptors (Lipinski definition) is 2. The topological polar surface area (TPSA) is 40.5 Å². The molecule has 2 aromatic rings. The predicted octanol–water partition coefficient (Wildman–Crippen LogP) is 8.76. The van der Waals surface area contributed by atoms with Gasteiger partial charge in [0, 0.05) is 12.8 Å². The number of aromatic hydroxyl groups is 1. The summed E-state index contributed by atoms with van der Waals surface area (Å²) >= 11 is 0. The maximum atomic E-state index is 9.75. The van der Waals surface area contributed by atoms with Crippen molar-refractivity contribution < 1.29 is 10.2 Å². The molecule has 0 bridgehead atoms. The molecule has 2 N–H and O–H groups in total. The van der Waals surface area contributed by atoms with E-state index in [1.807, 2.05) is 56.3 Å². The zero-order valence-corrected chi connectivity index (χ0v) is 23.5. The Morgan fingerprint density at radius 3 is 1.41 bits per heavy atom. The van der Waals surface area contributed by atoms with Crippen molar-refractivity contribution in [2.75, 3.05) is 0 Å². The lowest BCUT2D eigenvalue weighted by Gasteiger charge is -2.10. The molecule has 0 saturated carbocycles. The molecule has 2 aromatic carbocycles. The van der Waals surface area contributed by atoms with Crippen LogP contribution in [0.25, 0.3) is 12.2 Å². The third-order valence-electron chi connectivity index (χ3n) is 4.48. The summed E-state index contributed by atoms with van der Waals surface area (Å²) < 4.78 is 0. The largest absolute Gasteiger partial charge is 0.508 e. The van der Waals surface area contributed by atoms with Gasteiger partial charge in [-0.25, -0.2) is 0 Å². The van der Waals surface area contributed by atoms with E-state index < -0.39 is 5.60 Å². The highest BCUT2D eigenvalue weighted by atomic mass is 31.0. The van der Waals surface area contributed by atoms with Crippen LogP contribution in [0.5, 0.6) is 5.75 Å². The van der Waals surface area contributed by atoms with Crippen molar-refractivity contribution in [2.45, 2.75) is 85.4 Å². The summed E-state index contributed by atoms with van der Waals surface area (Å²) in [6, 6.07) is 16.8. The second-order valence-electron chi connectivity index (χ2n) is 7.49. The fourth-order valence-electron chi connectivity index (χ4n) is 2.35. The van der Waals surface area contributed by atoms with Crippen molar-refractivity contribution >= 4 is 21.4 Å². The monoisotopic (exact) mass is 482 g/mol. The zero-order chi connectivity index (χ0) is 26.2. The molecule has 1 unspecified atom stereocenters. The smallest absolute Gasteiger partial charge is 0.115 e. The van der Waals surface area contributed by atoms with Crippen LogP contribution in [0.2, 0.25) is 0 Å². The number of aliphatic hydroxyl groups is 1. The van der Waals surface area contributed by atoms with E-state index in [-0.39, 0.29) is 0 Å². The lowest BCUT2D eigenvalue weighted by Crippen LogP contribution is -2.15. The van der Waals surface area contributed by atoms with Crippen molar-refractivity contribution in [1.82, 2.24) is 0 Å². The first-order valence-corrected chi connectivity index (χ1v) is 13.1. The van der Waals surface area contributed by atoms with Gasteiger partial charge in [0.15, 0.2) is 0 Å². The fraction of sp³-hybridized carbons (Fsp3) is 0.419. The second-order valence-corrected chi connectivity index (χ2v) is 8.44. The first-order valence-electron chi connectivity index (χ1n) is 12.4. The van der Waals surface area contributed by atoms with E-state index in [0.29, 0.717) is 5.75 Å². The quantitative estimate of drug-likeness (QED) is 0.332. The highest BCUT2D eigenvalue weighted by molar-refractivity contribution is 7.17. The van der Waals surface area contributed by atoms with Crippen LogP contribution in [0.15, 0.2) is 66.7 Å². The molecule has 0 amide bonds.